The average molecular weight is 213 g/mol. The van der Waals surface area contributed by atoms with Crippen LogP contribution < -0.4 is 0 Å². The van der Waals surface area contributed by atoms with E-state index in [4.69, 9.17) is 16.7 Å². The summed E-state index contributed by atoms with van der Waals surface area (Å²) in [7, 11) is 0. The first-order valence-electron chi connectivity index (χ1n) is 4.06. The maximum absolute atomic E-state index is 11.5. The molecule has 1 aromatic rings. The molecule has 1 aromatic carbocycles. The van der Waals surface area contributed by atoms with Gasteiger partial charge in [0.15, 0.2) is 5.78 Å². The Kier molecular flexibility index (Phi) is 3.65. The molecule has 1 rings (SSSR count). The Morgan fingerprint density at radius 3 is 2.36 bits per heavy atom. The standard InChI is InChI=1S/C10H9ClO3/c11-8(6-9(12)13)10(14)7-4-2-1-3-5-7/h1-5,8H,6H2,(H,12,13). The van der Waals surface area contributed by atoms with Crippen molar-refractivity contribution >= 4 is 23.4 Å². The fourth-order valence-corrected chi connectivity index (χ4v) is 1.29. The minimum absolute atomic E-state index is 0.352. The average Bonchev–Trinajstić information content (AvgIpc) is 2.17. The Balaban J connectivity index is 2.71. The molecule has 0 heterocycles. The summed E-state index contributed by atoms with van der Waals surface area (Å²) in [5.74, 6) is -1.43. The molecule has 0 aliphatic carbocycles. The SMILES string of the molecule is O=C(O)CC(Cl)C(=O)c1ccccc1. The summed E-state index contributed by atoms with van der Waals surface area (Å²) in [6.07, 6.45) is -0.352. The van der Waals surface area contributed by atoms with E-state index in [0.717, 1.165) is 0 Å². The van der Waals surface area contributed by atoms with Gasteiger partial charge in [-0.15, -0.1) is 11.6 Å². The number of halogens is 1. The van der Waals surface area contributed by atoms with E-state index in [1.54, 1.807) is 30.3 Å². The molecule has 1 N–H and O–H groups in total. The Labute approximate surface area is 86.3 Å². The summed E-state index contributed by atoms with van der Waals surface area (Å²) < 4.78 is 0. The largest absolute Gasteiger partial charge is 0.481 e. The number of hydrogen-bond acceptors (Lipinski definition) is 2. The molecular weight excluding hydrogens is 204 g/mol. The van der Waals surface area contributed by atoms with Crippen LogP contribution >= 0.6 is 11.6 Å². The summed E-state index contributed by atoms with van der Waals surface area (Å²) >= 11 is 5.63. The summed E-state index contributed by atoms with van der Waals surface area (Å²) in [6, 6.07) is 8.41. The van der Waals surface area contributed by atoms with E-state index in [-0.39, 0.29) is 12.2 Å². The van der Waals surface area contributed by atoms with Crippen molar-refractivity contribution in [2.75, 3.05) is 0 Å². The molecule has 1 atom stereocenters. The van der Waals surface area contributed by atoms with Gasteiger partial charge in [0.25, 0.3) is 0 Å². The maximum Gasteiger partial charge on any atom is 0.305 e. The molecule has 1 unspecified atom stereocenters. The van der Waals surface area contributed by atoms with Gasteiger partial charge in [0.1, 0.15) is 5.38 Å². The lowest BCUT2D eigenvalue weighted by Gasteiger charge is -2.04. The van der Waals surface area contributed by atoms with E-state index in [9.17, 15) is 9.59 Å². The summed E-state index contributed by atoms with van der Waals surface area (Å²) in [6.45, 7) is 0. The van der Waals surface area contributed by atoms with Gasteiger partial charge in [0.05, 0.1) is 6.42 Å². The van der Waals surface area contributed by atoms with Crippen molar-refractivity contribution in [3.05, 3.63) is 35.9 Å². The van der Waals surface area contributed by atoms with E-state index in [2.05, 4.69) is 0 Å². The van der Waals surface area contributed by atoms with Crippen molar-refractivity contribution in [1.29, 1.82) is 0 Å². The highest BCUT2D eigenvalue weighted by Gasteiger charge is 2.19. The molecule has 0 aliphatic rings. The van der Waals surface area contributed by atoms with Crippen LogP contribution in [-0.2, 0) is 4.79 Å². The second-order valence-electron chi connectivity index (χ2n) is 2.80. The highest BCUT2D eigenvalue weighted by atomic mass is 35.5. The van der Waals surface area contributed by atoms with Crippen molar-refractivity contribution in [2.24, 2.45) is 0 Å². The van der Waals surface area contributed by atoms with Crippen LogP contribution in [0.3, 0.4) is 0 Å². The van der Waals surface area contributed by atoms with Crippen LogP contribution in [0.25, 0.3) is 0 Å². The van der Waals surface area contributed by atoms with Gasteiger partial charge in [-0.25, -0.2) is 0 Å². The molecule has 0 fully saturated rings. The van der Waals surface area contributed by atoms with Gasteiger partial charge in [0.2, 0.25) is 0 Å². The molecule has 0 bridgehead atoms. The van der Waals surface area contributed by atoms with Gasteiger partial charge in [-0.1, -0.05) is 30.3 Å². The number of benzene rings is 1. The number of carboxylic acid groups (broad SMARTS) is 1. The molecule has 0 spiro atoms. The molecule has 0 aromatic heterocycles. The van der Waals surface area contributed by atoms with Gasteiger partial charge in [0, 0.05) is 5.56 Å². The second kappa shape index (κ2) is 4.77. The first-order valence-corrected chi connectivity index (χ1v) is 4.50. The van der Waals surface area contributed by atoms with Crippen LogP contribution in [0.5, 0.6) is 0 Å². The number of Topliss-reactive ketones (excluding diaryl/α,β-unsaturated/α-hetero) is 1. The number of ketones is 1. The number of carbonyl (C=O) groups excluding carboxylic acids is 1. The van der Waals surface area contributed by atoms with Crippen molar-refractivity contribution in [3.8, 4) is 0 Å². The van der Waals surface area contributed by atoms with Crippen molar-refractivity contribution in [1.82, 2.24) is 0 Å². The van der Waals surface area contributed by atoms with Crippen molar-refractivity contribution in [3.63, 3.8) is 0 Å². The van der Waals surface area contributed by atoms with Crippen LogP contribution in [0, 0.1) is 0 Å². The molecule has 3 nitrogen and oxygen atoms in total. The first kappa shape index (κ1) is 10.7. The Morgan fingerprint density at radius 2 is 1.86 bits per heavy atom. The third kappa shape index (κ3) is 2.85. The fraction of sp³-hybridized carbons (Fsp3) is 0.200. The number of carbonyl (C=O) groups is 2. The Morgan fingerprint density at radius 1 is 1.29 bits per heavy atom. The normalized spacial score (nSPS) is 12.1. The Hall–Kier alpha value is -1.35. The lowest BCUT2D eigenvalue weighted by molar-refractivity contribution is -0.136. The van der Waals surface area contributed by atoms with Gasteiger partial charge >= 0.3 is 5.97 Å². The summed E-state index contributed by atoms with van der Waals surface area (Å²) in [5, 5.41) is 7.45. The van der Waals surface area contributed by atoms with E-state index >= 15 is 0 Å². The monoisotopic (exact) mass is 212 g/mol. The number of carboxylic acids is 1. The third-order valence-corrected chi connectivity index (χ3v) is 2.05. The minimum Gasteiger partial charge on any atom is -0.481 e. The first-order chi connectivity index (χ1) is 6.61. The molecule has 0 saturated heterocycles. The molecular formula is C10H9ClO3. The van der Waals surface area contributed by atoms with Crippen LogP contribution in [0.4, 0.5) is 0 Å². The topological polar surface area (TPSA) is 54.4 Å². The molecule has 0 saturated carbocycles. The molecule has 74 valence electrons. The fourth-order valence-electron chi connectivity index (χ4n) is 1.03. The number of rotatable bonds is 4. The molecule has 4 heteroatoms. The highest BCUT2D eigenvalue weighted by molar-refractivity contribution is 6.34. The number of hydrogen-bond donors (Lipinski definition) is 1. The van der Waals surface area contributed by atoms with Gasteiger partial charge in [-0.05, 0) is 0 Å². The highest BCUT2D eigenvalue weighted by Crippen LogP contribution is 2.11. The third-order valence-electron chi connectivity index (χ3n) is 1.70. The quantitative estimate of drug-likeness (QED) is 0.613. The predicted molar refractivity (Wildman–Crippen MR) is 52.7 cm³/mol. The van der Waals surface area contributed by atoms with Gasteiger partial charge in [-0.3, -0.25) is 9.59 Å². The summed E-state index contributed by atoms with van der Waals surface area (Å²) in [5.41, 5.74) is 0.439. The zero-order valence-electron chi connectivity index (χ0n) is 7.31. The molecule has 0 radical (unpaired) electrons. The number of aliphatic carboxylic acids is 1. The van der Waals surface area contributed by atoms with E-state index in [0.29, 0.717) is 5.56 Å². The van der Waals surface area contributed by atoms with Crippen LogP contribution in [-0.4, -0.2) is 22.2 Å². The lowest BCUT2D eigenvalue weighted by atomic mass is 10.1. The van der Waals surface area contributed by atoms with E-state index in [1.165, 1.54) is 0 Å². The van der Waals surface area contributed by atoms with Crippen LogP contribution in [0.15, 0.2) is 30.3 Å². The van der Waals surface area contributed by atoms with Gasteiger partial charge < -0.3 is 5.11 Å². The van der Waals surface area contributed by atoms with Gasteiger partial charge in [-0.2, -0.15) is 0 Å². The molecule has 14 heavy (non-hydrogen) atoms. The Bertz CT molecular complexity index is 334. The predicted octanol–water partition coefficient (Wildman–Crippen LogP) is 1.95. The maximum atomic E-state index is 11.5. The lowest BCUT2D eigenvalue weighted by Crippen LogP contribution is -2.18. The molecule has 0 aliphatic heterocycles. The number of alkyl halides is 1. The zero-order chi connectivity index (χ0) is 10.6. The molecule has 0 amide bonds. The van der Waals surface area contributed by atoms with Crippen molar-refractivity contribution in [2.45, 2.75) is 11.8 Å². The smallest absolute Gasteiger partial charge is 0.305 e. The van der Waals surface area contributed by atoms with Crippen LogP contribution in [0.2, 0.25) is 0 Å². The zero-order valence-corrected chi connectivity index (χ0v) is 8.07. The van der Waals surface area contributed by atoms with E-state index < -0.39 is 11.3 Å². The minimum atomic E-state index is -1.07. The van der Waals surface area contributed by atoms with Crippen LogP contribution in [0.1, 0.15) is 16.8 Å². The van der Waals surface area contributed by atoms with E-state index in [1.807, 2.05) is 0 Å². The second-order valence-corrected chi connectivity index (χ2v) is 3.32. The summed E-state index contributed by atoms with van der Waals surface area (Å²) in [4.78, 5) is 21.8. The van der Waals surface area contributed by atoms with Crippen molar-refractivity contribution < 1.29 is 14.7 Å².